The van der Waals surface area contributed by atoms with Crippen LogP contribution in [0.4, 0.5) is 0 Å². The summed E-state index contributed by atoms with van der Waals surface area (Å²) < 4.78 is 0. The Labute approximate surface area is 120 Å². The van der Waals surface area contributed by atoms with E-state index in [9.17, 15) is 0 Å². The van der Waals surface area contributed by atoms with Gasteiger partial charge in [-0.05, 0) is 50.4 Å². The van der Waals surface area contributed by atoms with Crippen LogP contribution in [-0.4, -0.2) is 48.6 Å². The van der Waals surface area contributed by atoms with Crippen molar-refractivity contribution in [3.63, 3.8) is 0 Å². The van der Waals surface area contributed by atoms with Crippen molar-refractivity contribution in [3.05, 3.63) is 0 Å². The molecule has 1 aliphatic heterocycles. The first kappa shape index (κ1) is 15.3. The molecule has 0 aromatic carbocycles. The molecule has 2 heteroatoms. The predicted octanol–water partition coefficient (Wildman–Crippen LogP) is 3.62. The molecule has 112 valence electrons. The normalized spacial score (nSPS) is 33.6. The van der Waals surface area contributed by atoms with Gasteiger partial charge in [-0.25, -0.2) is 0 Å². The Bertz CT molecular complexity index is 234. The molecule has 2 aliphatic carbocycles. The fourth-order valence-electron chi connectivity index (χ4n) is 3.58. The molecule has 0 radical (unpaired) electrons. The van der Waals surface area contributed by atoms with Gasteiger partial charge in [-0.3, -0.25) is 4.90 Å². The molecule has 0 N–H and O–H groups in total. The zero-order chi connectivity index (χ0) is 13.7. The van der Waals surface area contributed by atoms with Gasteiger partial charge in [0, 0.05) is 38.8 Å². The Morgan fingerprint density at radius 3 is 1.89 bits per heavy atom. The summed E-state index contributed by atoms with van der Waals surface area (Å²) in [4.78, 5) is 5.49. The number of piperazine rings is 1. The van der Waals surface area contributed by atoms with Crippen molar-refractivity contribution < 1.29 is 0 Å². The van der Waals surface area contributed by atoms with Crippen molar-refractivity contribution in [2.45, 2.75) is 65.3 Å². The number of hydrogen-bond donors (Lipinski definition) is 0. The Balaban J connectivity index is 0.000000637. The van der Waals surface area contributed by atoms with Crippen LogP contribution in [0.2, 0.25) is 0 Å². The molecular formula is C17H34N2. The van der Waals surface area contributed by atoms with Crippen molar-refractivity contribution in [2.75, 3.05) is 32.7 Å². The molecule has 0 spiro atoms. The van der Waals surface area contributed by atoms with Crippen molar-refractivity contribution >= 4 is 0 Å². The van der Waals surface area contributed by atoms with Crippen molar-refractivity contribution in [1.82, 2.24) is 9.80 Å². The summed E-state index contributed by atoms with van der Waals surface area (Å²) in [6.07, 6.45) is 8.86. The molecule has 0 atom stereocenters. The molecule has 2 nitrogen and oxygen atoms in total. The lowest BCUT2D eigenvalue weighted by atomic mass is 9.86. The summed E-state index contributed by atoms with van der Waals surface area (Å²) in [7, 11) is 0. The lowest BCUT2D eigenvalue weighted by Gasteiger charge is -2.41. The first-order chi connectivity index (χ1) is 9.31. The molecule has 3 aliphatic rings. The van der Waals surface area contributed by atoms with E-state index in [1.165, 1.54) is 71.2 Å². The van der Waals surface area contributed by atoms with E-state index >= 15 is 0 Å². The van der Waals surface area contributed by atoms with Crippen LogP contribution in [0.1, 0.15) is 59.3 Å². The van der Waals surface area contributed by atoms with Crippen LogP contribution in [0.5, 0.6) is 0 Å². The predicted molar refractivity (Wildman–Crippen MR) is 83.5 cm³/mol. The summed E-state index contributed by atoms with van der Waals surface area (Å²) in [5.41, 5.74) is 0. The van der Waals surface area contributed by atoms with E-state index in [1.807, 2.05) is 13.8 Å². The molecule has 3 fully saturated rings. The minimum absolute atomic E-state index is 0.925. The second-order valence-electron chi connectivity index (χ2n) is 6.69. The van der Waals surface area contributed by atoms with Crippen LogP contribution in [0, 0.1) is 11.8 Å². The molecular weight excluding hydrogens is 232 g/mol. The van der Waals surface area contributed by atoms with Crippen LogP contribution in [-0.2, 0) is 0 Å². The third-order valence-electron chi connectivity index (χ3n) is 5.12. The van der Waals surface area contributed by atoms with Gasteiger partial charge in [0.15, 0.2) is 0 Å². The van der Waals surface area contributed by atoms with Gasteiger partial charge in [0.2, 0.25) is 0 Å². The zero-order valence-corrected chi connectivity index (χ0v) is 13.4. The van der Waals surface area contributed by atoms with E-state index in [1.54, 1.807) is 0 Å². The Morgan fingerprint density at radius 2 is 1.37 bits per heavy atom. The Kier molecular flexibility index (Phi) is 6.15. The number of hydrogen-bond acceptors (Lipinski definition) is 2. The highest BCUT2D eigenvalue weighted by Crippen LogP contribution is 2.31. The van der Waals surface area contributed by atoms with Crippen molar-refractivity contribution in [1.29, 1.82) is 0 Å². The summed E-state index contributed by atoms with van der Waals surface area (Å²) >= 11 is 0. The molecule has 2 saturated carbocycles. The molecule has 19 heavy (non-hydrogen) atoms. The van der Waals surface area contributed by atoms with Gasteiger partial charge < -0.3 is 4.90 Å². The van der Waals surface area contributed by atoms with Gasteiger partial charge in [0.05, 0.1) is 0 Å². The maximum absolute atomic E-state index is 2.79. The average Bonchev–Trinajstić information content (AvgIpc) is 3.27. The molecule has 3 rings (SSSR count). The lowest BCUT2D eigenvalue weighted by Crippen LogP contribution is -2.51. The summed E-state index contributed by atoms with van der Waals surface area (Å²) in [5, 5.41) is 0. The maximum atomic E-state index is 2.79. The van der Waals surface area contributed by atoms with Gasteiger partial charge in [0.25, 0.3) is 0 Å². The maximum Gasteiger partial charge on any atom is 0.0113 e. The van der Waals surface area contributed by atoms with Gasteiger partial charge in [-0.15, -0.1) is 0 Å². The van der Waals surface area contributed by atoms with Crippen molar-refractivity contribution in [3.8, 4) is 0 Å². The minimum atomic E-state index is 0.925. The quantitative estimate of drug-likeness (QED) is 0.770. The average molecular weight is 266 g/mol. The summed E-state index contributed by atoms with van der Waals surface area (Å²) in [6, 6.07) is 0.925. The Morgan fingerprint density at radius 1 is 0.789 bits per heavy atom. The topological polar surface area (TPSA) is 6.48 Å². The minimum Gasteiger partial charge on any atom is -0.301 e. The van der Waals surface area contributed by atoms with Gasteiger partial charge in [-0.1, -0.05) is 20.8 Å². The number of rotatable bonds is 3. The molecule has 1 saturated heterocycles. The van der Waals surface area contributed by atoms with Gasteiger partial charge >= 0.3 is 0 Å². The fourth-order valence-corrected chi connectivity index (χ4v) is 3.58. The smallest absolute Gasteiger partial charge is 0.0113 e. The highest BCUT2D eigenvalue weighted by molar-refractivity contribution is 4.84. The molecule has 0 aromatic rings. The summed E-state index contributed by atoms with van der Waals surface area (Å²) in [6.45, 7) is 13.2. The standard InChI is InChI=1S/C15H28N2.C2H6/c1-13-2-6-15(7-3-13)17-10-8-16(9-11-17)12-14-4-5-14;1-2/h13-15H,2-12H2,1H3;1-2H3. The first-order valence-corrected chi connectivity index (χ1v) is 8.77. The summed E-state index contributed by atoms with van der Waals surface area (Å²) in [5.74, 6) is 2.06. The number of nitrogens with zero attached hydrogens (tertiary/aromatic N) is 2. The zero-order valence-electron chi connectivity index (χ0n) is 13.4. The van der Waals surface area contributed by atoms with Crippen LogP contribution in [0.15, 0.2) is 0 Å². The largest absolute Gasteiger partial charge is 0.301 e. The second-order valence-corrected chi connectivity index (χ2v) is 6.69. The Hall–Kier alpha value is -0.0800. The molecule has 1 heterocycles. The van der Waals surface area contributed by atoms with Crippen LogP contribution in [0.3, 0.4) is 0 Å². The monoisotopic (exact) mass is 266 g/mol. The van der Waals surface area contributed by atoms with E-state index < -0.39 is 0 Å². The highest BCUT2D eigenvalue weighted by Gasteiger charge is 2.29. The first-order valence-electron chi connectivity index (χ1n) is 8.77. The third kappa shape index (κ3) is 4.75. The van der Waals surface area contributed by atoms with Gasteiger partial charge in [-0.2, -0.15) is 0 Å². The van der Waals surface area contributed by atoms with E-state index in [-0.39, 0.29) is 0 Å². The van der Waals surface area contributed by atoms with E-state index in [0.29, 0.717) is 0 Å². The van der Waals surface area contributed by atoms with Crippen molar-refractivity contribution in [2.24, 2.45) is 11.8 Å². The van der Waals surface area contributed by atoms with Crippen LogP contribution >= 0.6 is 0 Å². The molecule has 0 aromatic heterocycles. The SMILES string of the molecule is CC.CC1CCC(N2CCN(CC3CC3)CC2)CC1. The fraction of sp³-hybridized carbons (Fsp3) is 1.00. The third-order valence-corrected chi connectivity index (χ3v) is 5.12. The van der Waals surface area contributed by atoms with Gasteiger partial charge in [0.1, 0.15) is 0 Å². The molecule has 0 amide bonds. The van der Waals surface area contributed by atoms with E-state index in [0.717, 1.165) is 17.9 Å². The lowest BCUT2D eigenvalue weighted by molar-refractivity contribution is 0.0701. The van der Waals surface area contributed by atoms with Crippen LogP contribution in [0.25, 0.3) is 0 Å². The van der Waals surface area contributed by atoms with E-state index in [4.69, 9.17) is 0 Å². The highest BCUT2D eigenvalue weighted by atomic mass is 15.3. The van der Waals surface area contributed by atoms with E-state index in [2.05, 4.69) is 16.7 Å². The second kappa shape index (κ2) is 7.64. The van der Waals surface area contributed by atoms with Crippen LogP contribution < -0.4 is 0 Å². The molecule has 0 unspecified atom stereocenters. The molecule has 0 bridgehead atoms.